The fraction of sp³-hybridized carbons (Fsp3) is 0.500. The zero-order valence-corrected chi connectivity index (χ0v) is 17.6. The van der Waals surface area contributed by atoms with Crippen LogP contribution < -0.4 is 0 Å². The maximum absolute atomic E-state index is 12.7. The summed E-state index contributed by atoms with van der Waals surface area (Å²) < 4.78 is 0. The Bertz CT molecular complexity index is 762. The molecule has 0 atom stereocenters. The zero-order valence-electron chi connectivity index (χ0n) is 16.0. The van der Waals surface area contributed by atoms with Crippen LogP contribution in [0.5, 0.6) is 0 Å². The van der Waals surface area contributed by atoms with Crippen molar-refractivity contribution >= 4 is 34.5 Å². The normalized spacial score (nSPS) is 19.1. The average molecular weight is 419 g/mol. The molecule has 2 aromatic rings. The molecule has 0 spiro atoms. The lowest BCUT2D eigenvalue weighted by molar-refractivity contribution is -0.134. The second-order valence-corrected chi connectivity index (χ2v) is 9.26. The van der Waals surface area contributed by atoms with Crippen LogP contribution in [-0.2, 0) is 11.3 Å². The fourth-order valence-corrected chi connectivity index (χ4v) is 5.17. The third-order valence-electron chi connectivity index (χ3n) is 5.43. The molecule has 0 radical (unpaired) electrons. The van der Waals surface area contributed by atoms with E-state index in [0.29, 0.717) is 32.7 Å². The Kier molecular flexibility index (Phi) is 6.41. The predicted molar refractivity (Wildman–Crippen MR) is 113 cm³/mol. The van der Waals surface area contributed by atoms with E-state index in [9.17, 15) is 9.59 Å². The summed E-state index contributed by atoms with van der Waals surface area (Å²) in [4.78, 5) is 35.8. The first kappa shape index (κ1) is 19.6. The number of rotatable bonds is 5. The summed E-state index contributed by atoms with van der Waals surface area (Å²) in [6.07, 6.45) is 0. The highest BCUT2D eigenvalue weighted by Gasteiger charge is 2.27. The van der Waals surface area contributed by atoms with Crippen molar-refractivity contribution in [1.82, 2.24) is 19.6 Å². The number of carbonyl (C=O) groups excluding carboxylic acids is 2. The van der Waals surface area contributed by atoms with Crippen LogP contribution in [0.2, 0.25) is 0 Å². The highest BCUT2D eigenvalue weighted by Crippen LogP contribution is 2.15. The van der Waals surface area contributed by atoms with Gasteiger partial charge in [0.15, 0.2) is 0 Å². The summed E-state index contributed by atoms with van der Waals surface area (Å²) >= 11 is 3.28. The van der Waals surface area contributed by atoms with Gasteiger partial charge in [0.2, 0.25) is 5.91 Å². The van der Waals surface area contributed by atoms with Gasteiger partial charge in [-0.3, -0.25) is 19.4 Å². The topological polar surface area (TPSA) is 47.1 Å². The Hall–Kier alpha value is -1.74. The van der Waals surface area contributed by atoms with Gasteiger partial charge >= 0.3 is 0 Å². The van der Waals surface area contributed by atoms with Crippen molar-refractivity contribution in [3.05, 3.63) is 44.8 Å². The molecule has 2 aromatic heterocycles. The van der Waals surface area contributed by atoms with Crippen molar-refractivity contribution in [2.24, 2.45) is 0 Å². The Morgan fingerprint density at radius 3 is 2.07 bits per heavy atom. The summed E-state index contributed by atoms with van der Waals surface area (Å²) in [6.45, 7) is 7.91. The minimum absolute atomic E-state index is 0.0870. The van der Waals surface area contributed by atoms with Crippen LogP contribution in [0, 0.1) is 0 Å². The Balaban J connectivity index is 1.18. The lowest BCUT2D eigenvalue weighted by Gasteiger charge is -2.37. The smallest absolute Gasteiger partial charge is 0.264 e. The van der Waals surface area contributed by atoms with Crippen molar-refractivity contribution in [2.75, 3.05) is 58.9 Å². The molecule has 0 N–H and O–H groups in total. The first-order valence-electron chi connectivity index (χ1n) is 9.77. The Morgan fingerprint density at radius 1 is 0.786 bits per heavy atom. The minimum atomic E-state index is 0.0870. The van der Waals surface area contributed by atoms with Crippen LogP contribution in [0.4, 0.5) is 0 Å². The average Bonchev–Trinajstić information content (AvgIpc) is 3.43. The van der Waals surface area contributed by atoms with Crippen molar-refractivity contribution in [2.45, 2.75) is 6.54 Å². The summed E-state index contributed by atoms with van der Waals surface area (Å²) in [7, 11) is 0. The van der Waals surface area contributed by atoms with Crippen LogP contribution in [0.15, 0.2) is 35.0 Å². The molecule has 150 valence electrons. The molecule has 8 heteroatoms. The van der Waals surface area contributed by atoms with Gasteiger partial charge in [0, 0.05) is 63.8 Å². The quantitative estimate of drug-likeness (QED) is 0.744. The second-order valence-electron chi connectivity index (χ2n) is 7.28. The van der Waals surface area contributed by atoms with E-state index in [0.717, 1.165) is 37.6 Å². The number of thiophene rings is 2. The molecule has 0 saturated carbocycles. The molecule has 6 nitrogen and oxygen atoms in total. The molecule has 0 unspecified atom stereocenters. The molecule has 2 saturated heterocycles. The number of amides is 2. The molecule has 4 heterocycles. The van der Waals surface area contributed by atoms with Gasteiger partial charge < -0.3 is 9.80 Å². The first-order chi connectivity index (χ1) is 13.7. The third kappa shape index (κ3) is 4.81. The van der Waals surface area contributed by atoms with Crippen molar-refractivity contribution in [3.63, 3.8) is 0 Å². The molecule has 2 aliphatic heterocycles. The van der Waals surface area contributed by atoms with E-state index in [-0.39, 0.29) is 11.8 Å². The molecule has 2 fully saturated rings. The molecule has 0 bridgehead atoms. The Morgan fingerprint density at radius 2 is 1.43 bits per heavy atom. The lowest BCUT2D eigenvalue weighted by Crippen LogP contribution is -2.54. The fourth-order valence-electron chi connectivity index (χ4n) is 3.73. The lowest BCUT2D eigenvalue weighted by atomic mass is 10.2. The maximum atomic E-state index is 12.7. The van der Waals surface area contributed by atoms with Gasteiger partial charge in [0.05, 0.1) is 11.4 Å². The van der Waals surface area contributed by atoms with Gasteiger partial charge in [-0.05, 0) is 22.9 Å². The standard InChI is InChI=1S/C20H26N4O2S2/c25-19(16-22-7-5-21(6-8-22)15-17-3-1-13-27-17)23-9-11-24(12-10-23)20(26)18-4-2-14-28-18/h1-4,13-14H,5-12,15-16H2. The zero-order chi connectivity index (χ0) is 19.3. The van der Waals surface area contributed by atoms with Gasteiger partial charge in [-0.15, -0.1) is 22.7 Å². The summed E-state index contributed by atoms with van der Waals surface area (Å²) in [5.41, 5.74) is 0. The third-order valence-corrected chi connectivity index (χ3v) is 7.15. The van der Waals surface area contributed by atoms with Crippen LogP contribution >= 0.6 is 22.7 Å². The van der Waals surface area contributed by atoms with E-state index < -0.39 is 0 Å². The predicted octanol–water partition coefficient (Wildman–Crippen LogP) is 1.91. The number of nitrogens with zero attached hydrogens (tertiary/aromatic N) is 4. The van der Waals surface area contributed by atoms with Gasteiger partial charge in [-0.2, -0.15) is 0 Å². The maximum Gasteiger partial charge on any atom is 0.264 e. The van der Waals surface area contributed by atoms with E-state index >= 15 is 0 Å². The summed E-state index contributed by atoms with van der Waals surface area (Å²) in [5, 5.41) is 4.05. The highest BCUT2D eigenvalue weighted by atomic mass is 32.1. The van der Waals surface area contributed by atoms with E-state index in [4.69, 9.17) is 0 Å². The molecular weight excluding hydrogens is 392 g/mol. The van der Waals surface area contributed by atoms with E-state index in [2.05, 4.69) is 27.3 Å². The van der Waals surface area contributed by atoms with E-state index in [1.54, 1.807) is 11.3 Å². The second kappa shape index (κ2) is 9.17. The molecule has 28 heavy (non-hydrogen) atoms. The molecule has 4 rings (SSSR count). The molecule has 0 aliphatic carbocycles. The number of hydrogen-bond acceptors (Lipinski definition) is 6. The number of hydrogen-bond donors (Lipinski definition) is 0. The highest BCUT2D eigenvalue weighted by molar-refractivity contribution is 7.12. The van der Waals surface area contributed by atoms with Crippen molar-refractivity contribution < 1.29 is 9.59 Å². The minimum Gasteiger partial charge on any atom is -0.338 e. The molecule has 0 aromatic carbocycles. The summed E-state index contributed by atoms with van der Waals surface area (Å²) in [6, 6.07) is 8.05. The number of carbonyl (C=O) groups is 2. The van der Waals surface area contributed by atoms with Gasteiger partial charge in [0.1, 0.15) is 0 Å². The first-order valence-corrected chi connectivity index (χ1v) is 11.5. The molecule has 2 amide bonds. The largest absolute Gasteiger partial charge is 0.338 e. The van der Waals surface area contributed by atoms with Gasteiger partial charge in [-0.1, -0.05) is 12.1 Å². The van der Waals surface area contributed by atoms with Crippen LogP contribution in [-0.4, -0.2) is 90.3 Å². The van der Waals surface area contributed by atoms with E-state index in [1.165, 1.54) is 16.2 Å². The number of piperazine rings is 2. The molecule has 2 aliphatic rings. The summed E-state index contributed by atoms with van der Waals surface area (Å²) in [5.74, 6) is 0.277. The SMILES string of the molecule is O=C(CN1CCN(Cc2cccs2)CC1)N1CCN(C(=O)c2cccs2)CC1. The van der Waals surface area contributed by atoms with E-state index in [1.807, 2.05) is 27.3 Å². The monoisotopic (exact) mass is 418 g/mol. The van der Waals surface area contributed by atoms with Crippen molar-refractivity contribution in [1.29, 1.82) is 0 Å². The van der Waals surface area contributed by atoms with Crippen LogP contribution in [0.25, 0.3) is 0 Å². The van der Waals surface area contributed by atoms with Crippen LogP contribution in [0.1, 0.15) is 14.5 Å². The van der Waals surface area contributed by atoms with Gasteiger partial charge in [-0.25, -0.2) is 0 Å². The Labute approximate surface area is 173 Å². The van der Waals surface area contributed by atoms with Gasteiger partial charge in [0.25, 0.3) is 5.91 Å². The van der Waals surface area contributed by atoms with Crippen LogP contribution in [0.3, 0.4) is 0 Å². The van der Waals surface area contributed by atoms with Crippen molar-refractivity contribution in [3.8, 4) is 0 Å². The molecular formula is C20H26N4O2S2.